The summed E-state index contributed by atoms with van der Waals surface area (Å²) in [6.07, 6.45) is 2.67. The minimum atomic E-state index is -0.461. The third kappa shape index (κ3) is 11.3. The molecule has 18 heteroatoms. The molecule has 1 saturated carbocycles. The first-order chi connectivity index (χ1) is 22.9. The Bertz CT molecular complexity index is 1440. The van der Waals surface area contributed by atoms with Gasteiger partial charge in [-0.1, -0.05) is 0 Å². The molecule has 0 aromatic heterocycles. The molecule has 0 bridgehead atoms. The molecule has 0 atom stereocenters. The van der Waals surface area contributed by atoms with Gasteiger partial charge in [-0.15, -0.1) is 0 Å². The van der Waals surface area contributed by atoms with Gasteiger partial charge in [0.2, 0.25) is 0 Å². The second-order valence-corrected chi connectivity index (χ2v) is 12.4. The van der Waals surface area contributed by atoms with Crippen LogP contribution in [-0.4, -0.2) is 49.7 Å². The fourth-order valence-electron chi connectivity index (χ4n) is 5.44. The van der Waals surface area contributed by atoms with Crippen molar-refractivity contribution in [1.29, 1.82) is 0 Å². The predicted molar refractivity (Wildman–Crippen MR) is 196 cm³/mol. The van der Waals surface area contributed by atoms with Gasteiger partial charge in [0.15, 0.2) is 15.3 Å². The number of hydrogen-bond donors (Lipinski definition) is 6. The highest BCUT2D eigenvalue weighted by atomic mass is 32.1. The van der Waals surface area contributed by atoms with Crippen molar-refractivity contribution in [3.8, 4) is 0 Å². The molecule has 0 saturated heterocycles. The molecule has 15 nitrogen and oxygen atoms in total. The van der Waals surface area contributed by atoms with Crippen molar-refractivity contribution in [2.24, 2.45) is 17.8 Å². The third-order valence-corrected chi connectivity index (χ3v) is 8.40. The first-order valence-corrected chi connectivity index (χ1v) is 16.1. The average Bonchev–Trinajstić information content (AvgIpc) is 3.06. The molecule has 0 radical (unpaired) electrons. The number of hydrogen-bond acceptors (Lipinski definition) is 9. The van der Waals surface area contributed by atoms with Crippen LogP contribution in [0.15, 0.2) is 72.8 Å². The second-order valence-electron chi connectivity index (χ2n) is 11.2. The zero-order valence-corrected chi connectivity index (χ0v) is 27.9. The number of benzene rings is 3. The van der Waals surface area contributed by atoms with Crippen molar-refractivity contribution in [3.05, 3.63) is 103 Å². The standard InChI is InChI=1S/C30H33N9O6S3/c40-37(41)25-7-1-22(2-8-25)34-28(46)31-16-19-13-20(17-32-29(47)35-23-3-9-26(10-4-23)38(42)43)15-21(14-19)18-33-30(48)36-24-5-11-27(12-6-24)39(44)45/h1-12,19-21H,13-18H2,(H2,31,34,46)(H2,32,35,47)(H2,33,36,48). The number of non-ortho nitro benzene ring substituents is 3. The Balaban J connectivity index is 1.32. The van der Waals surface area contributed by atoms with Gasteiger partial charge in [-0.2, -0.15) is 0 Å². The highest BCUT2D eigenvalue weighted by molar-refractivity contribution is 7.80. The molecule has 1 fully saturated rings. The van der Waals surface area contributed by atoms with Crippen LogP contribution in [0.3, 0.4) is 0 Å². The lowest BCUT2D eigenvalue weighted by molar-refractivity contribution is -0.385. The Morgan fingerprint density at radius 1 is 0.500 bits per heavy atom. The van der Waals surface area contributed by atoms with E-state index in [1.807, 2.05) is 0 Å². The van der Waals surface area contributed by atoms with Crippen LogP contribution in [0.4, 0.5) is 34.1 Å². The van der Waals surface area contributed by atoms with Crippen LogP contribution in [0, 0.1) is 48.1 Å². The van der Waals surface area contributed by atoms with Crippen molar-refractivity contribution in [2.45, 2.75) is 19.3 Å². The summed E-state index contributed by atoms with van der Waals surface area (Å²) in [6, 6.07) is 18.0. The van der Waals surface area contributed by atoms with Gasteiger partial charge >= 0.3 is 0 Å². The van der Waals surface area contributed by atoms with Crippen molar-refractivity contribution >= 4 is 86.1 Å². The zero-order chi connectivity index (χ0) is 34.6. The lowest BCUT2D eigenvalue weighted by atomic mass is 9.75. The highest BCUT2D eigenvalue weighted by Gasteiger charge is 2.29. The Hall–Kier alpha value is -5.07. The maximum Gasteiger partial charge on any atom is 0.269 e. The average molecular weight is 712 g/mol. The molecular formula is C30H33N9O6S3. The number of nitrogens with one attached hydrogen (secondary N) is 6. The summed E-state index contributed by atoms with van der Waals surface area (Å²) < 4.78 is 0. The first kappa shape index (κ1) is 35.8. The Morgan fingerprint density at radius 2 is 0.729 bits per heavy atom. The molecule has 0 unspecified atom stereocenters. The normalized spacial score (nSPS) is 16.9. The first-order valence-electron chi connectivity index (χ1n) is 14.8. The molecule has 252 valence electrons. The van der Waals surface area contributed by atoms with Crippen molar-refractivity contribution in [3.63, 3.8) is 0 Å². The van der Waals surface area contributed by atoms with Crippen LogP contribution in [0.2, 0.25) is 0 Å². The summed E-state index contributed by atoms with van der Waals surface area (Å²) in [7, 11) is 0. The Morgan fingerprint density at radius 3 is 0.938 bits per heavy atom. The van der Waals surface area contributed by atoms with Crippen molar-refractivity contribution in [2.75, 3.05) is 35.6 Å². The van der Waals surface area contributed by atoms with Crippen molar-refractivity contribution < 1.29 is 14.8 Å². The van der Waals surface area contributed by atoms with Gasteiger partial charge < -0.3 is 31.9 Å². The predicted octanol–water partition coefficient (Wildman–Crippen LogP) is 5.70. The van der Waals surface area contributed by atoms with Crippen LogP contribution < -0.4 is 31.9 Å². The van der Waals surface area contributed by atoms with Crippen LogP contribution in [0.1, 0.15) is 19.3 Å². The number of nitro groups is 3. The van der Waals surface area contributed by atoms with Crippen molar-refractivity contribution in [1.82, 2.24) is 16.0 Å². The minimum absolute atomic E-state index is 0.00853. The quantitative estimate of drug-likeness (QED) is 0.0758. The van der Waals surface area contributed by atoms with E-state index >= 15 is 0 Å². The smallest absolute Gasteiger partial charge is 0.269 e. The minimum Gasteiger partial charge on any atom is -0.362 e. The largest absolute Gasteiger partial charge is 0.362 e. The topological polar surface area (TPSA) is 202 Å². The maximum absolute atomic E-state index is 10.9. The lowest BCUT2D eigenvalue weighted by Crippen LogP contribution is -2.42. The molecule has 3 aromatic rings. The number of rotatable bonds is 12. The zero-order valence-electron chi connectivity index (χ0n) is 25.4. The summed E-state index contributed by atoms with van der Waals surface area (Å²) in [5.41, 5.74) is 1.87. The molecule has 48 heavy (non-hydrogen) atoms. The van der Waals surface area contributed by atoms with E-state index in [2.05, 4.69) is 31.9 Å². The molecule has 1 aliphatic carbocycles. The summed E-state index contributed by atoms with van der Waals surface area (Å²) in [4.78, 5) is 31.4. The summed E-state index contributed by atoms with van der Waals surface area (Å²) in [6.45, 7) is 1.80. The van der Waals surface area contributed by atoms with Gasteiger partial charge in [0.1, 0.15) is 0 Å². The van der Waals surface area contributed by atoms with Crippen LogP contribution in [0.25, 0.3) is 0 Å². The molecular weight excluding hydrogens is 679 g/mol. The fourth-order valence-corrected chi connectivity index (χ4v) is 6.04. The van der Waals surface area contributed by atoms with Gasteiger partial charge in [0, 0.05) is 73.1 Å². The second kappa shape index (κ2) is 17.2. The fraction of sp³-hybridized carbons (Fsp3) is 0.300. The van der Waals surface area contributed by atoms with Crippen LogP contribution >= 0.6 is 36.7 Å². The molecule has 1 aliphatic rings. The number of thiocarbonyl (C=S) groups is 3. The van der Waals surface area contributed by atoms with Crippen LogP contribution in [0.5, 0.6) is 0 Å². The number of nitro benzene ring substituents is 3. The van der Waals surface area contributed by atoms with Gasteiger partial charge in [0.05, 0.1) is 14.8 Å². The molecule has 0 spiro atoms. The molecule has 0 heterocycles. The molecule has 0 amide bonds. The van der Waals surface area contributed by atoms with E-state index in [9.17, 15) is 30.3 Å². The van der Waals surface area contributed by atoms with Gasteiger partial charge in [0.25, 0.3) is 17.1 Å². The Kier molecular flexibility index (Phi) is 12.8. The molecule has 6 N–H and O–H groups in total. The molecule has 3 aromatic carbocycles. The summed E-state index contributed by atoms with van der Waals surface area (Å²) in [5.74, 6) is 0.754. The van der Waals surface area contributed by atoms with E-state index < -0.39 is 14.8 Å². The SMILES string of the molecule is O=[N+]([O-])c1ccc(NC(=S)NCC2CC(CNC(=S)Nc3ccc([N+](=O)[O-])cc3)CC(CNC(=S)Nc3ccc([N+](=O)[O-])cc3)C2)cc1. The highest BCUT2D eigenvalue weighted by Crippen LogP contribution is 2.33. The van der Waals surface area contributed by atoms with E-state index in [-0.39, 0.29) is 34.8 Å². The van der Waals surface area contributed by atoms with E-state index in [1.54, 1.807) is 36.4 Å². The van der Waals surface area contributed by atoms with E-state index in [1.165, 1.54) is 36.4 Å². The number of anilines is 3. The molecule has 4 rings (SSSR count). The maximum atomic E-state index is 10.9. The summed E-state index contributed by atoms with van der Waals surface area (Å²) >= 11 is 16.4. The van der Waals surface area contributed by atoms with E-state index in [0.717, 1.165) is 19.3 Å². The van der Waals surface area contributed by atoms with Crippen LogP contribution in [-0.2, 0) is 0 Å². The van der Waals surface area contributed by atoms with Gasteiger partial charge in [-0.3, -0.25) is 30.3 Å². The third-order valence-electron chi connectivity index (χ3n) is 7.66. The number of nitrogens with zero attached hydrogens (tertiary/aromatic N) is 3. The summed E-state index contributed by atoms with van der Waals surface area (Å²) in [5, 5.41) is 53.0. The monoisotopic (exact) mass is 711 g/mol. The van der Waals surface area contributed by atoms with Gasteiger partial charge in [-0.25, -0.2) is 0 Å². The van der Waals surface area contributed by atoms with E-state index in [4.69, 9.17) is 36.7 Å². The van der Waals surface area contributed by atoms with Gasteiger partial charge in [-0.05, 0) is 110 Å². The Labute approximate surface area is 291 Å². The lowest BCUT2D eigenvalue weighted by Gasteiger charge is -2.36. The van der Waals surface area contributed by atoms with E-state index in [0.29, 0.717) is 52.0 Å². The molecule has 0 aliphatic heterocycles.